The van der Waals surface area contributed by atoms with Gasteiger partial charge in [-0.2, -0.15) is 0 Å². The predicted molar refractivity (Wildman–Crippen MR) is 82.6 cm³/mol. The van der Waals surface area contributed by atoms with Crippen LogP contribution in [-0.2, 0) is 0 Å². The second-order valence-corrected chi connectivity index (χ2v) is 6.71. The van der Waals surface area contributed by atoms with Crippen LogP contribution in [0.1, 0.15) is 46.0 Å². The van der Waals surface area contributed by atoms with Gasteiger partial charge in [-0.1, -0.05) is 19.8 Å². The van der Waals surface area contributed by atoms with E-state index in [9.17, 15) is 0 Å². The Bertz CT molecular complexity index is 256. The van der Waals surface area contributed by atoms with Gasteiger partial charge in [-0.15, -0.1) is 0 Å². The van der Waals surface area contributed by atoms with E-state index in [1.165, 1.54) is 64.8 Å². The summed E-state index contributed by atoms with van der Waals surface area (Å²) in [5.74, 6) is 0.881. The molecule has 1 saturated heterocycles. The van der Waals surface area contributed by atoms with Crippen molar-refractivity contribution in [2.45, 2.75) is 58.0 Å². The highest BCUT2D eigenvalue weighted by atomic mass is 15.3. The zero-order chi connectivity index (χ0) is 13.7. The molecule has 0 radical (unpaired) electrons. The maximum Gasteiger partial charge on any atom is 0.0195 e. The van der Waals surface area contributed by atoms with Gasteiger partial charge in [-0.05, 0) is 45.7 Å². The minimum absolute atomic E-state index is 0.729. The van der Waals surface area contributed by atoms with Crippen molar-refractivity contribution in [2.24, 2.45) is 5.92 Å². The summed E-state index contributed by atoms with van der Waals surface area (Å²) in [6.45, 7) is 10.9. The average molecular weight is 267 g/mol. The van der Waals surface area contributed by atoms with E-state index in [0.29, 0.717) is 0 Å². The Balaban J connectivity index is 1.84. The molecule has 1 aliphatic heterocycles. The van der Waals surface area contributed by atoms with Gasteiger partial charge in [0, 0.05) is 38.3 Å². The Morgan fingerprint density at radius 3 is 2.68 bits per heavy atom. The minimum atomic E-state index is 0.729. The second kappa shape index (κ2) is 7.61. The molecule has 2 rings (SSSR count). The highest BCUT2D eigenvalue weighted by Gasteiger charge is 2.29. The summed E-state index contributed by atoms with van der Waals surface area (Å²) in [6, 6.07) is 1.51. The topological polar surface area (TPSA) is 18.5 Å². The summed E-state index contributed by atoms with van der Waals surface area (Å²) in [4.78, 5) is 5.20. The van der Waals surface area contributed by atoms with Gasteiger partial charge in [0.05, 0.1) is 0 Å². The molecule has 19 heavy (non-hydrogen) atoms. The zero-order valence-corrected chi connectivity index (χ0v) is 13.2. The van der Waals surface area contributed by atoms with Gasteiger partial charge < -0.3 is 10.2 Å². The standard InChI is InChI=1S/C16H33N3/c1-4-9-17-16-8-6-5-7-15(16)13-19-11-10-18(3)12-14(19)2/h14-17H,4-13H2,1-3H3. The number of hydrogen-bond acceptors (Lipinski definition) is 3. The molecule has 1 saturated carbocycles. The van der Waals surface area contributed by atoms with Crippen LogP contribution in [0.15, 0.2) is 0 Å². The van der Waals surface area contributed by atoms with Crippen LogP contribution in [0, 0.1) is 5.92 Å². The first kappa shape index (κ1) is 15.3. The van der Waals surface area contributed by atoms with Gasteiger partial charge in [0.2, 0.25) is 0 Å². The van der Waals surface area contributed by atoms with Gasteiger partial charge in [-0.25, -0.2) is 0 Å². The van der Waals surface area contributed by atoms with Crippen LogP contribution in [0.2, 0.25) is 0 Å². The van der Waals surface area contributed by atoms with E-state index in [1.54, 1.807) is 0 Å². The third-order valence-corrected chi connectivity index (χ3v) is 5.00. The summed E-state index contributed by atoms with van der Waals surface area (Å²) in [7, 11) is 2.25. The quantitative estimate of drug-likeness (QED) is 0.824. The maximum absolute atomic E-state index is 3.80. The molecule has 2 aliphatic rings. The molecule has 3 heteroatoms. The minimum Gasteiger partial charge on any atom is -0.314 e. The molecular weight excluding hydrogens is 234 g/mol. The average Bonchev–Trinajstić information content (AvgIpc) is 2.41. The highest BCUT2D eigenvalue weighted by molar-refractivity contribution is 4.86. The number of likely N-dealkylation sites (N-methyl/N-ethyl adjacent to an activating group) is 1. The van der Waals surface area contributed by atoms with Crippen molar-refractivity contribution < 1.29 is 0 Å². The Hall–Kier alpha value is -0.120. The summed E-state index contributed by atoms with van der Waals surface area (Å²) in [5, 5.41) is 3.80. The fourth-order valence-electron chi connectivity index (χ4n) is 3.77. The van der Waals surface area contributed by atoms with Crippen molar-refractivity contribution in [1.29, 1.82) is 0 Å². The lowest BCUT2D eigenvalue weighted by Crippen LogP contribution is -2.54. The molecule has 0 bridgehead atoms. The third-order valence-electron chi connectivity index (χ3n) is 5.00. The first-order valence-corrected chi connectivity index (χ1v) is 8.36. The third kappa shape index (κ3) is 4.44. The first-order chi connectivity index (χ1) is 9.20. The lowest BCUT2D eigenvalue weighted by atomic mass is 9.83. The van der Waals surface area contributed by atoms with Gasteiger partial charge in [0.25, 0.3) is 0 Å². The van der Waals surface area contributed by atoms with Crippen molar-refractivity contribution in [3.63, 3.8) is 0 Å². The molecule has 0 aromatic rings. The summed E-state index contributed by atoms with van der Waals surface area (Å²) >= 11 is 0. The number of piperazine rings is 1. The molecule has 0 aromatic heterocycles. The molecular formula is C16H33N3. The summed E-state index contributed by atoms with van der Waals surface area (Å²) < 4.78 is 0. The molecule has 3 unspecified atom stereocenters. The van der Waals surface area contributed by atoms with E-state index in [1.807, 2.05) is 0 Å². The monoisotopic (exact) mass is 267 g/mol. The fraction of sp³-hybridized carbons (Fsp3) is 1.00. The number of rotatable bonds is 5. The van der Waals surface area contributed by atoms with Crippen molar-refractivity contribution in [1.82, 2.24) is 15.1 Å². The maximum atomic E-state index is 3.80. The molecule has 1 aliphatic carbocycles. The van der Waals surface area contributed by atoms with E-state index in [0.717, 1.165) is 18.0 Å². The Morgan fingerprint density at radius 1 is 1.16 bits per heavy atom. The molecule has 3 atom stereocenters. The second-order valence-electron chi connectivity index (χ2n) is 6.71. The van der Waals surface area contributed by atoms with E-state index in [-0.39, 0.29) is 0 Å². The smallest absolute Gasteiger partial charge is 0.0195 e. The lowest BCUT2D eigenvalue weighted by molar-refractivity contribution is 0.0694. The highest BCUT2D eigenvalue weighted by Crippen LogP contribution is 2.26. The van der Waals surface area contributed by atoms with E-state index < -0.39 is 0 Å². The van der Waals surface area contributed by atoms with Gasteiger partial charge in [-0.3, -0.25) is 4.90 Å². The molecule has 1 N–H and O–H groups in total. The lowest BCUT2D eigenvalue weighted by Gasteiger charge is -2.42. The Kier molecular flexibility index (Phi) is 6.11. The van der Waals surface area contributed by atoms with Crippen molar-refractivity contribution in [3.8, 4) is 0 Å². The molecule has 112 valence electrons. The molecule has 0 spiro atoms. The number of nitrogens with zero attached hydrogens (tertiary/aromatic N) is 2. The predicted octanol–water partition coefficient (Wildman–Crippen LogP) is 2.18. The zero-order valence-electron chi connectivity index (χ0n) is 13.2. The molecule has 1 heterocycles. The first-order valence-electron chi connectivity index (χ1n) is 8.36. The number of hydrogen-bond donors (Lipinski definition) is 1. The summed E-state index contributed by atoms with van der Waals surface area (Å²) in [6.07, 6.45) is 6.95. The van der Waals surface area contributed by atoms with Gasteiger partial charge in [0.15, 0.2) is 0 Å². The molecule has 3 nitrogen and oxygen atoms in total. The SMILES string of the molecule is CCCNC1CCCCC1CN1CCN(C)CC1C. The van der Waals surface area contributed by atoms with Crippen LogP contribution in [0.4, 0.5) is 0 Å². The van der Waals surface area contributed by atoms with Gasteiger partial charge >= 0.3 is 0 Å². The summed E-state index contributed by atoms with van der Waals surface area (Å²) in [5.41, 5.74) is 0. The normalized spacial score (nSPS) is 34.6. The Morgan fingerprint density at radius 2 is 1.95 bits per heavy atom. The number of nitrogens with one attached hydrogen (secondary N) is 1. The Labute approximate surface area is 119 Å². The molecule has 2 fully saturated rings. The van der Waals surface area contributed by atoms with E-state index in [2.05, 4.69) is 36.0 Å². The fourth-order valence-corrected chi connectivity index (χ4v) is 3.77. The van der Waals surface area contributed by atoms with Crippen molar-refractivity contribution in [2.75, 3.05) is 39.8 Å². The van der Waals surface area contributed by atoms with Crippen LogP contribution in [0.3, 0.4) is 0 Å². The van der Waals surface area contributed by atoms with Crippen molar-refractivity contribution >= 4 is 0 Å². The van der Waals surface area contributed by atoms with Crippen LogP contribution in [0.5, 0.6) is 0 Å². The van der Waals surface area contributed by atoms with E-state index in [4.69, 9.17) is 0 Å². The van der Waals surface area contributed by atoms with Crippen LogP contribution >= 0.6 is 0 Å². The largest absolute Gasteiger partial charge is 0.314 e. The molecule has 0 amide bonds. The van der Waals surface area contributed by atoms with Gasteiger partial charge in [0.1, 0.15) is 0 Å². The van der Waals surface area contributed by atoms with Crippen LogP contribution in [-0.4, -0.2) is 61.7 Å². The van der Waals surface area contributed by atoms with E-state index >= 15 is 0 Å². The van der Waals surface area contributed by atoms with Crippen molar-refractivity contribution in [3.05, 3.63) is 0 Å². The van der Waals surface area contributed by atoms with Crippen LogP contribution in [0.25, 0.3) is 0 Å². The van der Waals surface area contributed by atoms with Crippen LogP contribution < -0.4 is 5.32 Å². The molecule has 0 aromatic carbocycles.